The fourth-order valence-corrected chi connectivity index (χ4v) is 10.5. The lowest BCUT2D eigenvalue weighted by Gasteiger charge is -2.21. The highest BCUT2D eigenvalue weighted by Gasteiger charge is 2.23. The van der Waals surface area contributed by atoms with Crippen LogP contribution in [0.2, 0.25) is 0 Å². The first-order chi connectivity index (χ1) is 28.7. The number of para-hydroxylation sites is 4. The standard InChI is InChI=1S/C56H40N2/c1-3-57-51-31-11-9-21-41(51)47-29-15-27-45(55(47)57)39-23-13-25-43-49(39)34-50-40(46-28-16-30-48-42-22-10-12-32-52(42)58(4-2)56(46)48)24-14-26-44(50)54(43)53-37-19-7-5-17-35(37)33-36-18-6-8-20-38(36)53/h5-34H,3-4H2,1-2H3. The zero-order valence-corrected chi connectivity index (χ0v) is 32.6. The molecule has 0 aliphatic rings. The Bertz CT molecular complexity index is 3420. The molecule has 0 N–H and O–H groups in total. The molecule has 2 aromatic heterocycles. The molecule has 2 heterocycles. The molecule has 0 fully saturated rings. The number of aryl methyl sites for hydroxylation is 2. The summed E-state index contributed by atoms with van der Waals surface area (Å²) in [5.74, 6) is 0. The van der Waals surface area contributed by atoms with Gasteiger partial charge in [-0.2, -0.15) is 0 Å². The van der Waals surface area contributed by atoms with Gasteiger partial charge in [0.1, 0.15) is 0 Å². The van der Waals surface area contributed by atoms with Crippen molar-refractivity contribution in [2.24, 2.45) is 0 Å². The van der Waals surface area contributed by atoms with E-state index in [9.17, 15) is 0 Å². The Balaban J connectivity index is 1.29. The maximum absolute atomic E-state index is 2.52. The van der Waals surface area contributed by atoms with Gasteiger partial charge in [0.05, 0.1) is 11.0 Å². The van der Waals surface area contributed by atoms with E-state index in [-0.39, 0.29) is 0 Å². The van der Waals surface area contributed by atoms with Gasteiger partial charge in [-0.25, -0.2) is 0 Å². The topological polar surface area (TPSA) is 9.86 Å². The van der Waals surface area contributed by atoms with Crippen molar-refractivity contribution < 1.29 is 0 Å². The molecule has 0 aliphatic heterocycles. The number of fused-ring (bicyclic) bond motifs is 10. The first-order valence-electron chi connectivity index (χ1n) is 20.6. The van der Waals surface area contributed by atoms with Gasteiger partial charge < -0.3 is 9.13 Å². The number of aromatic nitrogens is 2. The van der Waals surface area contributed by atoms with Gasteiger partial charge >= 0.3 is 0 Å². The van der Waals surface area contributed by atoms with Crippen LogP contribution in [0.15, 0.2) is 182 Å². The molecule has 0 bridgehead atoms. The highest BCUT2D eigenvalue weighted by Crippen LogP contribution is 2.49. The van der Waals surface area contributed by atoms with E-state index in [2.05, 4.69) is 205 Å². The largest absolute Gasteiger partial charge is 0.340 e. The van der Waals surface area contributed by atoms with Crippen LogP contribution in [0.1, 0.15) is 13.8 Å². The fraction of sp³-hybridized carbons (Fsp3) is 0.0714. The Morgan fingerprint density at radius 3 is 1.12 bits per heavy atom. The molecule has 0 saturated heterocycles. The third kappa shape index (κ3) is 4.54. The fourth-order valence-electron chi connectivity index (χ4n) is 10.5. The van der Waals surface area contributed by atoms with Crippen LogP contribution in [-0.2, 0) is 13.1 Å². The molecule has 0 spiro atoms. The predicted octanol–water partition coefficient (Wildman–Crippen LogP) is 15.6. The summed E-state index contributed by atoms with van der Waals surface area (Å²) in [5.41, 5.74) is 12.8. The Kier molecular flexibility index (Phi) is 7.22. The molecule has 0 unspecified atom stereocenters. The van der Waals surface area contributed by atoms with Gasteiger partial charge in [-0.1, -0.05) is 158 Å². The van der Waals surface area contributed by atoms with E-state index in [0.29, 0.717) is 0 Å². The molecule has 12 aromatic rings. The van der Waals surface area contributed by atoms with Crippen molar-refractivity contribution in [1.82, 2.24) is 9.13 Å². The second-order valence-corrected chi connectivity index (χ2v) is 15.7. The van der Waals surface area contributed by atoms with Crippen molar-refractivity contribution in [2.75, 3.05) is 0 Å². The van der Waals surface area contributed by atoms with Gasteiger partial charge in [0.2, 0.25) is 0 Å². The Labute approximate surface area is 336 Å². The molecule has 0 saturated carbocycles. The maximum Gasteiger partial charge on any atom is 0.0571 e. The summed E-state index contributed by atoms with van der Waals surface area (Å²) in [6.45, 7) is 6.32. The molecule has 0 aliphatic carbocycles. The van der Waals surface area contributed by atoms with E-state index >= 15 is 0 Å². The maximum atomic E-state index is 2.52. The molecule has 0 atom stereocenters. The minimum atomic E-state index is 0.890. The van der Waals surface area contributed by atoms with Crippen molar-refractivity contribution >= 4 is 86.7 Å². The molecular formula is C56H40N2. The van der Waals surface area contributed by atoms with Crippen LogP contribution in [0.3, 0.4) is 0 Å². The zero-order valence-electron chi connectivity index (χ0n) is 32.6. The minimum Gasteiger partial charge on any atom is -0.340 e. The lowest BCUT2D eigenvalue weighted by atomic mass is 9.83. The Morgan fingerprint density at radius 1 is 0.293 bits per heavy atom. The second kappa shape index (κ2) is 12.7. The quantitative estimate of drug-likeness (QED) is 0.156. The summed E-state index contributed by atoms with van der Waals surface area (Å²) in [6.07, 6.45) is 0. The number of hydrogen-bond donors (Lipinski definition) is 0. The van der Waals surface area contributed by atoms with Crippen LogP contribution in [0.5, 0.6) is 0 Å². The Morgan fingerprint density at radius 2 is 0.655 bits per heavy atom. The molecule has 10 aromatic carbocycles. The van der Waals surface area contributed by atoms with Crippen molar-refractivity contribution in [2.45, 2.75) is 26.9 Å². The van der Waals surface area contributed by atoms with E-state index in [1.165, 1.54) is 120 Å². The highest BCUT2D eigenvalue weighted by atomic mass is 15.0. The van der Waals surface area contributed by atoms with Gasteiger partial charge in [0.15, 0.2) is 0 Å². The lowest BCUT2D eigenvalue weighted by Crippen LogP contribution is -1.97. The molecule has 0 radical (unpaired) electrons. The summed E-state index contributed by atoms with van der Waals surface area (Å²) in [7, 11) is 0. The minimum absolute atomic E-state index is 0.890. The van der Waals surface area contributed by atoms with Crippen molar-refractivity contribution in [1.29, 1.82) is 0 Å². The van der Waals surface area contributed by atoms with Crippen LogP contribution < -0.4 is 0 Å². The summed E-state index contributed by atoms with van der Waals surface area (Å²) in [5, 5.41) is 15.3. The van der Waals surface area contributed by atoms with Gasteiger partial charge in [0.25, 0.3) is 0 Å². The SMILES string of the molecule is CCn1c2ccccc2c2cccc(-c3cccc4c(-c5c6ccccc6cc6ccccc56)c5cccc(-c6cccc7c8ccccc8n(CC)c67)c5cc34)c21. The molecule has 274 valence electrons. The first-order valence-corrected chi connectivity index (χ1v) is 20.6. The average Bonchev–Trinajstić information content (AvgIpc) is 3.80. The van der Waals surface area contributed by atoms with Gasteiger partial charge in [-0.05, 0) is 103 Å². The van der Waals surface area contributed by atoms with Crippen molar-refractivity contribution in [3.63, 3.8) is 0 Å². The van der Waals surface area contributed by atoms with Crippen LogP contribution in [0.4, 0.5) is 0 Å². The molecule has 12 rings (SSSR count). The number of hydrogen-bond acceptors (Lipinski definition) is 0. The van der Waals surface area contributed by atoms with E-state index in [1.54, 1.807) is 0 Å². The van der Waals surface area contributed by atoms with Gasteiger partial charge in [0, 0.05) is 56.8 Å². The summed E-state index contributed by atoms with van der Waals surface area (Å²) >= 11 is 0. The second-order valence-electron chi connectivity index (χ2n) is 15.7. The zero-order chi connectivity index (χ0) is 38.5. The van der Waals surface area contributed by atoms with E-state index in [4.69, 9.17) is 0 Å². The van der Waals surface area contributed by atoms with Crippen molar-refractivity contribution in [3.05, 3.63) is 182 Å². The van der Waals surface area contributed by atoms with Crippen LogP contribution in [-0.4, -0.2) is 9.13 Å². The monoisotopic (exact) mass is 740 g/mol. The number of benzene rings is 10. The predicted molar refractivity (Wildman–Crippen MR) is 250 cm³/mol. The van der Waals surface area contributed by atoms with E-state index in [1.807, 2.05) is 0 Å². The normalized spacial score (nSPS) is 12.1. The van der Waals surface area contributed by atoms with Crippen LogP contribution >= 0.6 is 0 Å². The highest BCUT2D eigenvalue weighted by molar-refractivity contribution is 6.27. The molecule has 0 amide bonds. The van der Waals surface area contributed by atoms with Crippen LogP contribution in [0, 0.1) is 0 Å². The molecule has 58 heavy (non-hydrogen) atoms. The first kappa shape index (κ1) is 33.0. The average molecular weight is 741 g/mol. The Hall–Kier alpha value is -7.16. The lowest BCUT2D eigenvalue weighted by molar-refractivity contribution is 0.828. The van der Waals surface area contributed by atoms with Gasteiger partial charge in [-0.15, -0.1) is 0 Å². The number of rotatable bonds is 5. The van der Waals surface area contributed by atoms with Crippen molar-refractivity contribution in [3.8, 4) is 33.4 Å². The summed E-state index contributed by atoms with van der Waals surface area (Å²) in [6, 6.07) is 68.3. The molecule has 2 nitrogen and oxygen atoms in total. The smallest absolute Gasteiger partial charge is 0.0571 e. The van der Waals surface area contributed by atoms with E-state index in [0.717, 1.165) is 13.1 Å². The van der Waals surface area contributed by atoms with Crippen LogP contribution in [0.25, 0.3) is 120 Å². The summed E-state index contributed by atoms with van der Waals surface area (Å²) < 4.78 is 5.02. The molecule has 2 heteroatoms. The number of nitrogens with zero attached hydrogens (tertiary/aromatic N) is 2. The molecular weight excluding hydrogens is 701 g/mol. The summed E-state index contributed by atoms with van der Waals surface area (Å²) in [4.78, 5) is 0. The van der Waals surface area contributed by atoms with E-state index < -0.39 is 0 Å². The van der Waals surface area contributed by atoms with Gasteiger partial charge in [-0.3, -0.25) is 0 Å². The third-order valence-electron chi connectivity index (χ3n) is 12.9. The third-order valence-corrected chi connectivity index (χ3v) is 12.9.